The van der Waals surface area contributed by atoms with Gasteiger partial charge in [-0.3, -0.25) is 24.2 Å². The molecule has 9 heterocycles. The molecule has 686 valence electrons. The first kappa shape index (κ1) is 96.1. The number of hydrogen-bond acceptors (Lipinski definition) is 18. The second-order valence-electron chi connectivity index (χ2n) is 33.2. The van der Waals surface area contributed by atoms with Crippen molar-refractivity contribution in [3.05, 3.63) is 244 Å². The summed E-state index contributed by atoms with van der Waals surface area (Å²) < 4.78 is 181. The van der Waals surface area contributed by atoms with Crippen LogP contribution in [0.1, 0.15) is 69.1 Å². The summed E-state index contributed by atoms with van der Waals surface area (Å²) in [4.78, 5) is 63.4. The average Bonchev–Trinajstić information content (AvgIpc) is 1.57. The number of nitrogens with one attached hydrogen (secondary N) is 6. The lowest BCUT2D eigenvalue weighted by Gasteiger charge is -2.34. The molecule has 3 amide bonds. The van der Waals surface area contributed by atoms with Crippen molar-refractivity contribution in [3.63, 3.8) is 0 Å². The Morgan fingerprint density at radius 3 is 1.30 bits per heavy atom. The zero-order valence-corrected chi connectivity index (χ0v) is 71.7. The number of aromatic nitrogens is 1. The summed E-state index contributed by atoms with van der Waals surface area (Å²) in [6, 6.07) is 27.4. The number of morpholine rings is 2. The molecule has 15 rings (SSSR count). The van der Waals surface area contributed by atoms with E-state index in [4.69, 9.17) is 9.47 Å². The molecule has 33 heteroatoms. The number of carbonyl (C=O) groups is 3. The zero-order valence-electron chi connectivity index (χ0n) is 71.7. The van der Waals surface area contributed by atoms with Crippen molar-refractivity contribution in [2.45, 2.75) is 96.6 Å². The van der Waals surface area contributed by atoms with Gasteiger partial charge in [0.05, 0.1) is 88.3 Å². The van der Waals surface area contributed by atoms with Crippen molar-refractivity contribution < 1.29 is 76.5 Å². The van der Waals surface area contributed by atoms with Crippen LogP contribution in [0.25, 0.3) is 33.4 Å². The Morgan fingerprint density at radius 2 is 0.844 bits per heavy atom. The monoisotopic (exact) mass is 1780 g/mol. The number of alkyl halides is 9. The fourth-order valence-electron chi connectivity index (χ4n) is 16.6. The molecule has 5 saturated heterocycles. The minimum Gasteiger partial charge on any atom is -0.379 e. The zero-order chi connectivity index (χ0) is 90.4. The topological polar surface area (TPSA) is 184 Å². The Hall–Kier alpha value is -11.0. The highest BCUT2D eigenvalue weighted by molar-refractivity contribution is 6.11. The normalized spacial score (nSPS) is 18.9. The number of halogens is 12. The van der Waals surface area contributed by atoms with E-state index in [-0.39, 0.29) is 30.2 Å². The molecule has 128 heavy (non-hydrogen) atoms. The van der Waals surface area contributed by atoms with Gasteiger partial charge in [0.2, 0.25) is 0 Å². The minimum absolute atomic E-state index is 0. The summed E-state index contributed by atoms with van der Waals surface area (Å²) in [5.41, 5.74) is 2.66. The predicted molar refractivity (Wildman–Crippen MR) is 478 cm³/mol. The number of carbonyl (C=O) groups excluding carboxylic acids is 3. The molecule has 0 unspecified atom stereocenters. The summed E-state index contributed by atoms with van der Waals surface area (Å²) in [5.74, 6) is -3.68. The Labute approximate surface area is 739 Å². The van der Waals surface area contributed by atoms with E-state index in [2.05, 4.69) is 90.9 Å². The molecule has 1 aliphatic carbocycles. The summed E-state index contributed by atoms with van der Waals surface area (Å²) in [7, 11) is 7.60. The first-order chi connectivity index (χ1) is 60.6. The average molecular weight is 1790 g/mol. The third-order valence-corrected chi connectivity index (χ3v) is 23.8. The standard InChI is InChI=1S/C32H37F4N5O2.C31H36F4N6O.C31H35F4N5O2.CH4/c1-22-17-27(32(34,35)36)26(21-39(22)3)31(42)37-29-19-24(6-8-30(29)41-10-4-9-38(2)11-12-41)25-18-23(5-7-28(25)33)20-40-13-15-43-16-14-40;1-20-14-26(31(33,34)35)25(19-36-20)30(42)39-28-16-22(18-38-29(28)41-12-10-40(2)11-13-41)24-15-21(8-9-27(24)32)17-37-23-6-4-3-5-7-23;1-21-16-26(31(33,34)35)25(19-36-21)30(41)37-28-18-23(5-7-29(28)40-9-3-8-38(2)10-11-40)24-17-22(4-6-27(24)32)20-39-12-14-42-15-13-39;/h5-8,17-19,21H,1,4,9-16,20H2,2-3H3,(H,37,42);8-9,14-16,18-19,23,36-37H,1,3-7,10-13,17H2,2H3,(H,39,42);4-7,16-19,36H,1,3,8-15,20H2,2H3,(H,37,41);1H4. The molecule has 6 N–H and O–H groups in total. The third-order valence-electron chi connectivity index (χ3n) is 23.8. The molecule has 6 aromatic rings. The lowest BCUT2D eigenvalue weighted by molar-refractivity contribution is -0.115. The van der Waals surface area contributed by atoms with Crippen molar-refractivity contribution in [3.8, 4) is 33.4 Å². The lowest BCUT2D eigenvalue weighted by Crippen LogP contribution is -2.45. The fraction of sp³-hybridized carbons (Fsp3) is 0.411. The van der Waals surface area contributed by atoms with E-state index in [1.54, 1.807) is 79.0 Å². The van der Waals surface area contributed by atoms with E-state index in [1.807, 2.05) is 32.1 Å². The molecular weight excluding hydrogens is 1670 g/mol. The van der Waals surface area contributed by atoms with Crippen LogP contribution in [0.5, 0.6) is 0 Å². The molecule has 0 bridgehead atoms. The summed E-state index contributed by atoms with van der Waals surface area (Å²) in [6.07, 6.45) is 0.575. The third kappa shape index (κ3) is 25.1. The maximum absolute atomic E-state index is 15.2. The van der Waals surface area contributed by atoms with Crippen LogP contribution in [0.4, 0.5) is 86.9 Å². The highest BCUT2D eigenvalue weighted by atomic mass is 19.4. The van der Waals surface area contributed by atoms with Gasteiger partial charge in [-0.05, 0) is 173 Å². The molecule has 9 aliphatic rings. The molecule has 0 atom stereocenters. The predicted octanol–water partition coefficient (Wildman–Crippen LogP) is 16.3. The summed E-state index contributed by atoms with van der Waals surface area (Å²) in [6.45, 7) is 27.1. The number of nitrogens with zero attached hydrogens (tertiary/aromatic N) is 10. The highest BCUT2D eigenvalue weighted by Gasteiger charge is 2.43. The van der Waals surface area contributed by atoms with Gasteiger partial charge < -0.3 is 75.7 Å². The van der Waals surface area contributed by atoms with Crippen LogP contribution in [0.15, 0.2) is 210 Å². The van der Waals surface area contributed by atoms with Crippen molar-refractivity contribution in [1.29, 1.82) is 0 Å². The number of ether oxygens (including phenoxy) is 2. The highest BCUT2D eigenvalue weighted by Crippen LogP contribution is 2.43. The largest absolute Gasteiger partial charge is 0.417 e. The van der Waals surface area contributed by atoms with Crippen molar-refractivity contribution in [1.82, 2.24) is 50.3 Å². The van der Waals surface area contributed by atoms with Gasteiger partial charge in [0.25, 0.3) is 17.7 Å². The summed E-state index contributed by atoms with van der Waals surface area (Å²) in [5, 5.41) is 16.9. The Kier molecular flexibility index (Phi) is 32.2. The van der Waals surface area contributed by atoms with Crippen LogP contribution in [-0.4, -0.2) is 236 Å². The van der Waals surface area contributed by atoms with Crippen LogP contribution in [-0.2, 0) is 43.5 Å². The van der Waals surface area contributed by atoms with E-state index in [1.165, 1.54) is 49.4 Å². The Balaban J connectivity index is 0.000000174. The van der Waals surface area contributed by atoms with Gasteiger partial charge in [-0.2, -0.15) is 39.5 Å². The van der Waals surface area contributed by atoms with Crippen LogP contribution in [0.3, 0.4) is 0 Å². The number of allylic oxidation sites excluding steroid dienone is 3. The van der Waals surface area contributed by atoms with Gasteiger partial charge in [0.1, 0.15) is 17.5 Å². The molecular formula is C95H112F12N16O5. The number of dihydropyridines is 2. The van der Waals surface area contributed by atoms with Gasteiger partial charge in [-0.25, -0.2) is 18.2 Å². The second-order valence-corrected chi connectivity index (χ2v) is 33.2. The van der Waals surface area contributed by atoms with Crippen LogP contribution in [0, 0.1) is 17.5 Å². The number of benzene rings is 5. The van der Waals surface area contributed by atoms with E-state index in [0.717, 1.165) is 145 Å². The molecule has 8 aliphatic heterocycles. The van der Waals surface area contributed by atoms with E-state index in [0.29, 0.717) is 153 Å². The fourth-order valence-corrected chi connectivity index (χ4v) is 16.6. The van der Waals surface area contributed by atoms with E-state index in [9.17, 15) is 53.9 Å². The number of piperazine rings is 1. The first-order valence-electron chi connectivity index (χ1n) is 42.7. The smallest absolute Gasteiger partial charge is 0.379 e. The van der Waals surface area contributed by atoms with Gasteiger partial charge in [-0.1, -0.05) is 76.8 Å². The first-order valence-corrected chi connectivity index (χ1v) is 42.7. The maximum Gasteiger partial charge on any atom is 0.417 e. The molecule has 0 spiro atoms. The van der Waals surface area contributed by atoms with E-state index < -0.39 is 87.1 Å². The minimum atomic E-state index is -4.76. The quantitative estimate of drug-likeness (QED) is 0.0421. The molecule has 5 aromatic carbocycles. The van der Waals surface area contributed by atoms with Gasteiger partial charge >= 0.3 is 18.5 Å². The van der Waals surface area contributed by atoms with Crippen LogP contribution < -0.4 is 46.6 Å². The van der Waals surface area contributed by atoms with E-state index >= 15 is 13.2 Å². The number of anilines is 6. The van der Waals surface area contributed by atoms with Crippen LogP contribution in [0.2, 0.25) is 0 Å². The molecule has 0 radical (unpaired) electrons. The van der Waals surface area contributed by atoms with Gasteiger partial charge in [0, 0.05) is 188 Å². The molecule has 6 fully saturated rings. The SMILES string of the molecule is C.C=C1C=C(C(F)(F)F)C(C(=O)Nc2cc(-c3cc(CN4CCOCC4)ccc3F)ccc2N2CCCN(C)CC2)=CN1.C=C1C=C(C(F)(F)F)C(C(=O)Nc2cc(-c3cc(CN4CCOCC4)ccc3F)ccc2N2CCCN(C)CC2)=CN1C.C=C1C=C(C(F)(F)F)C(C(=O)Nc2cc(-c3cc(CNC4CCCCC4)ccc3F)cnc2N2CCN(C)CC2)=CN1. The number of hydrogen-bond donors (Lipinski definition) is 6. The van der Waals surface area contributed by atoms with Crippen molar-refractivity contribution in [2.75, 3.05) is 190 Å². The summed E-state index contributed by atoms with van der Waals surface area (Å²) >= 11 is 0. The molecule has 1 saturated carbocycles. The number of rotatable bonds is 19. The number of likely N-dealkylation sites (N-methyl/N-ethyl adjacent to an activating group) is 4. The van der Waals surface area contributed by atoms with Gasteiger partial charge in [0.15, 0.2) is 5.82 Å². The lowest BCUT2D eigenvalue weighted by atomic mass is 9.95. The molecule has 21 nitrogen and oxygen atoms in total. The maximum atomic E-state index is 15.2. The van der Waals surface area contributed by atoms with Crippen LogP contribution >= 0.6 is 0 Å². The van der Waals surface area contributed by atoms with Gasteiger partial charge in [-0.15, -0.1) is 0 Å². The number of pyridine rings is 1. The van der Waals surface area contributed by atoms with Crippen molar-refractivity contribution >= 4 is 52.0 Å². The number of amides is 3. The second kappa shape index (κ2) is 42.9. The Bertz CT molecular complexity index is 5230. The Morgan fingerprint density at radius 1 is 0.445 bits per heavy atom. The van der Waals surface area contributed by atoms with Crippen molar-refractivity contribution in [2.24, 2.45) is 0 Å². The molecule has 1 aromatic heterocycles.